The van der Waals surface area contributed by atoms with Crippen molar-refractivity contribution >= 4 is 10.8 Å². The standard InChI is InChI=1S/C23H17F/c24-22-14-12-19(13-15-22)23(18-7-2-1-3-8-18)21-11-10-17-6-4-5-9-20(17)16-21/h1-16,23H/t23-/m1/s1. The molecule has 0 saturated carbocycles. The molecule has 1 atom stereocenters. The molecule has 0 saturated heterocycles. The molecular formula is C23H17F. The fourth-order valence-electron chi connectivity index (χ4n) is 3.27. The number of fused-ring (bicyclic) bond motifs is 1. The zero-order valence-corrected chi connectivity index (χ0v) is 13.2. The van der Waals surface area contributed by atoms with Crippen molar-refractivity contribution in [2.75, 3.05) is 0 Å². The van der Waals surface area contributed by atoms with E-state index in [0.29, 0.717) is 0 Å². The van der Waals surface area contributed by atoms with E-state index in [9.17, 15) is 4.39 Å². The minimum absolute atomic E-state index is 0.0939. The van der Waals surface area contributed by atoms with Crippen LogP contribution < -0.4 is 0 Å². The van der Waals surface area contributed by atoms with Crippen molar-refractivity contribution in [1.29, 1.82) is 0 Å². The van der Waals surface area contributed by atoms with Crippen LogP contribution in [-0.4, -0.2) is 0 Å². The summed E-state index contributed by atoms with van der Waals surface area (Å²) < 4.78 is 13.4. The van der Waals surface area contributed by atoms with Gasteiger partial charge in [0.2, 0.25) is 0 Å². The van der Waals surface area contributed by atoms with Crippen LogP contribution in [0.5, 0.6) is 0 Å². The van der Waals surface area contributed by atoms with E-state index in [4.69, 9.17) is 0 Å². The van der Waals surface area contributed by atoms with Crippen molar-refractivity contribution in [2.45, 2.75) is 5.92 Å². The van der Waals surface area contributed by atoms with Crippen LogP contribution in [0.25, 0.3) is 10.8 Å². The molecule has 0 N–H and O–H groups in total. The Labute approximate surface area is 141 Å². The summed E-state index contributed by atoms with van der Waals surface area (Å²) in [6.45, 7) is 0. The fourth-order valence-corrected chi connectivity index (χ4v) is 3.27. The molecule has 0 aromatic heterocycles. The van der Waals surface area contributed by atoms with Gasteiger partial charge < -0.3 is 0 Å². The largest absolute Gasteiger partial charge is 0.207 e. The molecule has 0 aliphatic heterocycles. The van der Waals surface area contributed by atoms with Crippen LogP contribution in [0.3, 0.4) is 0 Å². The molecule has 24 heavy (non-hydrogen) atoms. The summed E-state index contributed by atoms with van der Waals surface area (Å²) in [5, 5.41) is 2.45. The zero-order valence-electron chi connectivity index (χ0n) is 13.2. The predicted octanol–water partition coefficient (Wildman–Crippen LogP) is 6.16. The maximum Gasteiger partial charge on any atom is 0.123 e. The molecule has 4 aromatic carbocycles. The van der Waals surface area contributed by atoms with Crippen molar-refractivity contribution in [3.05, 3.63) is 120 Å². The third-order valence-corrected chi connectivity index (χ3v) is 4.44. The summed E-state index contributed by atoms with van der Waals surface area (Å²) in [7, 11) is 0. The van der Waals surface area contributed by atoms with Crippen LogP contribution >= 0.6 is 0 Å². The molecule has 4 aromatic rings. The fraction of sp³-hybridized carbons (Fsp3) is 0.0435. The van der Waals surface area contributed by atoms with E-state index in [1.165, 1.54) is 34.0 Å². The van der Waals surface area contributed by atoms with Crippen LogP contribution in [0, 0.1) is 5.82 Å². The number of hydrogen-bond donors (Lipinski definition) is 0. The van der Waals surface area contributed by atoms with Gasteiger partial charge >= 0.3 is 0 Å². The van der Waals surface area contributed by atoms with Gasteiger partial charge in [-0.25, -0.2) is 4.39 Å². The molecule has 0 heterocycles. The average Bonchev–Trinajstić information content (AvgIpc) is 2.64. The zero-order chi connectivity index (χ0) is 16.4. The normalized spacial score (nSPS) is 12.2. The summed E-state index contributed by atoms with van der Waals surface area (Å²) in [5.41, 5.74) is 3.52. The first kappa shape index (κ1) is 14.6. The maximum atomic E-state index is 13.4. The van der Waals surface area contributed by atoms with Crippen molar-refractivity contribution in [2.24, 2.45) is 0 Å². The van der Waals surface area contributed by atoms with Gasteiger partial charge in [0.15, 0.2) is 0 Å². The molecule has 1 heteroatoms. The van der Waals surface area contributed by atoms with Gasteiger partial charge in [0, 0.05) is 5.92 Å². The molecule has 4 rings (SSSR count). The van der Waals surface area contributed by atoms with Gasteiger partial charge in [0.05, 0.1) is 0 Å². The Kier molecular flexibility index (Phi) is 3.84. The summed E-state index contributed by atoms with van der Waals surface area (Å²) in [4.78, 5) is 0. The topological polar surface area (TPSA) is 0 Å². The quantitative estimate of drug-likeness (QED) is 0.397. The minimum Gasteiger partial charge on any atom is -0.207 e. The summed E-state index contributed by atoms with van der Waals surface area (Å²) in [6, 6.07) is 32.1. The van der Waals surface area contributed by atoms with E-state index in [2.05, 4.69) is 54.6 Å². The Morgan fingerprint density at radius 3 is 1.83 bits per heavy atom. The molecule has 0 spiro atoms. The molecule has 116 valence electrons. The first-order valence-electron chi connectivity index (χ1n) is 8.10. The van der Waals surface area contributed by atoms with Crippen molar-refractivity contribution in [1.82, 2.24) is 0 Å². The average molecular weight is 312 g/mol. The highest BCUT2D eigenvalue weighted by Gasteiger charge is 2.17. The van der Waals surface area contributed by atoms with Gasteiger partial charge in [-0.1, -0.05) is 84.9 Å². The second-order valence-corrected chi connectivity index (χ2v) is 6.00. The SMILES string of the molecule is Fc1ccc([C@@H](c2ccccc2)c2ccc3ccccc3c2)cc1. The first-order chi connectivity index (χ1) is 11.8. The molecule has 0 amide bonds. The van der Waals surface area contributed by atoms with Crippen molar-refractivity contribution in [3.8, 4) is 0 Å². The summed E-state index contributed by atoms with van der Waals surface area (Å²) >= 11 is 0. The van der Waals surface area contributed by atoms with Crippen molar-refractivity contribution < 1.29 is 4.39 Å². The molecular weight excluding hydrogens is 295 g/mol. The van der Waals surface area contributed by atoms with E-state index >= 15 is 0 Å². The summed E-state index contributed by atoms with van der Waals surface area (Å²) in [5.74, 6) is -0.111. The van der Waals surface area contributed by atoms with E-state index in [1.807, 2.05) is 30.3 Å². The highest BCUT2D eigenvalue weighted by Crippen LogP contribution is 2.33. The molecule has 0 aliphatic rings. The monoisotopic (exact) mass is 312 g/mol. The van der Waals surface area contributed by atoms with E-state index in [0.717, 1.165) is 5.56 Å². The van der Waals surface area contributed by atoms with Gasteiger partial charge in [-0.3, -0.25) is 0 Å². The number of rotatable bonds is 3. The lowest BCUT2D eigenvalue weighted by Gasteiger charge is -2.19. The Hall–Kier alpha value is -2.93. The van der Waals surface area contributed by atoms with Crippen LogP contribution in [0.4, 0.5) is 4.39 Å². The van der Waals surface area contributed by atoms with E-state index < -0.39 is 0 Å². The second kappa shape index (κ2) is 6.29. The lowest BCUT2D eigenvalue weighted by atomic mass is 9.84. The molecule has 0 nitrogen and oxygen atoms in total. The number of benzene rings is 4. The van der Waals surface area contributed by atoms with E-state index in [-0.39, 0.29) is 11.7 Å². The van der Waals surface area contributed by atoms with Gasteiger partial charge in [0.25, 0.3) is 0 Å². The minimum atomic E-state index is -0.205. The highest BCUT2D eigenvalue weighted by molar-refractivity contribution is 5.83. The van der Waals surface area contributed by atoms with Crippen molar-refractivity contribution in [3.63, 3.8) is 0 Å². The number of hydrogen-bond acceptors (Lipinski definition) is 0. The molecule has 0 aliphatic carbocycles. The highest BCUT2D eigenvalue weighted by atomic mass is 19.1. The smallest absolute Gasteiger partial charge is 0.123 e. The van der Waals surface area contributed by atoms with Gasteiger partial charge in [-0.15, -0.1) is 0 Å². The third-order valence-electron chi connectivity index (χ3n) is 4.44. The molecule has 0 radical (unpaired) electrons. The Balaban J connectivity index is 1.89. The van der Waals surface area contributed by atoms with Crippen LogP contribution in [0.1, 0.15) is 22.6 Å². The van der Waals surface area contributed by atoms with Gasteiger partial charge in [-0.2, -0.15) is 0 Å². The van der Waals surface area contributed by atoms with Crippen LogP contribution in [0.15, 0.2) is 97.1 Å². The molecule has 0 fully saturated rings. The summed E-state index contributed by atoms with van der Waals surface area (Å²) in [6.07, 6.45) is 0. The van der Waals surface area contributed by atoms with Crippen LogP contribution in [0.2, 0.25) is 0 Å². The van der Waals surface area contributed by atoms with E-state index in [1.54, 1.807) is 0 Å². The second-order valence-electron chi connectivity index (χ2n) is 6.00. The first-order valence-corrected chi connectivity index (χ1v) is 8.10. The Bertz CT molecular complexity index is 956. The lowest BCUT2D eigenvalue weighted by Crippen LogP contribution is -2.03. The predicted molar refractivity (Wildman–Crippen MR) is 97.7 cm³/mol. The molecule has 0 unspecified atom stereocenters. The van der Waals surface area contributed by atoms with Gasteiger partial charge in [-0.05, 0) is 39.6 Å². The Morgan fingerprint density at radius 1 is 0.500 bits per heavy atom. The third kappa shape index (κ3) is 2.81. The lowest BCUT2D eigenvalue weighted by molar-refractivity contribution is 0.627. The molecule has 0 bridgehead atoms. The van der Waals surface area contributed by atoms with Crippen LogP contribution in [-0.2, 0) is 0 Å². The number of halogens is 1. The maximum absolute atomic E-state index is 13.4. The van der Waals surface area contributed by atoms with Gasteiger partial charge in [0.1, 0.15) is 5.82 Å². The Morgan fingerprint density at radius 2 is 1.08 bits per heavy atom.